The number of nitrogens with zero attached hydrogens (tertiary/aromatic N) is 1. The van der Waals surface area contributed by atoms with Crippen LogP contribution in [0.15, 0.2) is 29.2 Å². The van der Waals surface area contributed by atoms with Crippen molar-refractivity contribution in [3.05, 3.63) is 24.3 Å². The number of amides is 1. The lowest BCUT2D eigenvalue weighted by Crippen LogP contribution is -2.33. The molecule has 1 aromatic carbocycles. The Morgan fingerprint density at radius 3 is 2.64 bits per heavy atom. The van der Waals surface area contributed by atoms with E-state index >= 15 is 0 Å². The first-order valence-electron chi connectivity index (χ1n) is 7.89. The van der Waals surface area contributed by atoms with E-state index in [9.17, 15) is 4.79 Å². The molecule has 1 aromatic rings. The van der Waals surface area contributed by atoms with Gasteiger partial charge in [0.1, 0.15) is 5.75 Å². The summed E-state index contributed by atoms with van der Waals surface area (Å²) in [5.74, 6) is 2.20. The fourth-order valence-electron chi connectivity index (χ4n) is 2.64. The molecule has 4 nitrogen and oxygen atoms in total. The number of thioether (sulfide) groups is 1. The molecule has 0 radical (unpaired) electrons. The van der Waals surface area contributed by atoms with Gasteiger partial charge in [-0.15, -0.1) is 11.8 Å². The second-order valence-electron chi connectivity index (χ2n) is 5.85. The molecule has 0 atom stereocenters. The van der Waals surface area contributed by atoms with Gasteiger partial charge >= 0.3 is 0 Å². The van der Waals surface area contributed by atoms with Crippen LogP contribution in [0.5, 0.6) is 5.75 Å². The molecule has 0 aromatic heterocycles. The molecule has 0 aliphatic carbocycles. The number of hydrogen-bond acceptors (Lipinski definition) is 4. The van der Waals surface area contributed by atoms with Gasteiger partial charge in [-0.25, -0.2) is 0 Å². The summed E-state index contributed by atoms with van der Waals surface area (Å²) in [4.78, 5) is 15.3. The molecule has 0 saturated carbocycles. The summed E-state index contributed by atoms with van der Waals surface area (Å²) >= 11 is 1.56. The number of likely N-dealkylation sites (tertiary alicyclic amines) is 1. The third kappa shape index (κ3) is 5.89. The number of methoxy groups -OCH3 is 1. The number of nitrogens with one attached hydrogen (secondary N) is 1. The third-order valence-corrected chi connectivity index (χ3v) is 5.15. The zero-order valence-corrected chi connectivity index (χ0v) is 14.3. The highest BCUT2D eigenvalue weighted by molar-refractivity contribution is 8.00. The number of piperidine rings is 1. The minimum Gasteiger partial charge on any atom is -0.497 e. The lowest BCUT2D eigenvalue weighted by atomic mass is 9.94. The van der Waals surface area contributed by atoms with Crippen LogP contribution in [0.1, 0.15) is 19.3 Å². The van der Waals surface area contributed by atoms with Gasteiger partial charge in [0.15, 0.2) is 0 Å². The van der Waals surface area contributed by atoms with Crippen molar-refractivity contribution in [1.82, 2.24) is 10.2 Å². The van der Waals surface area contributed by atoms with Crippen molar-refractivity contribution in [1.29, 1.82) is 0 Å². The Kier molecular flexibility index (Phi) is 7.06. The molecule has 1 aliphatic rings. The maximum absolute atomic E-state index is 11.9. The van der Waals surface area contributed by atoms with E-state index in [1.807, 2.05) is 24.3 Å². The third-order valence-electron chi connectivity index (χ3n) is 4.14. The zero-order chi connectivity index (χ0) is 15.8. The summed E-state index contributed by atoms with van der Waals surface area (Å²) < 4.78 is 5.12. The largest absolute Gasteiger partial charge is 0.497 e. The van der Waals surface area contributed by atoms with Gasteiger partial charge in [0.05, 0.1) is 12.9 Å². The van der Waals surface area contributed by atoms with Gasteiger partial charge in [0, 0.05) is 11.4 Å². The van der Waals surface area contributed by atoms with Crippen molar-refractivity contribution in [3.63, 3.8) is 0 Å². The van der Waals surface area contributed by atoms with E-state index in [0.717, 1.165) is 29.5 Å². The van der Waals surface area contributed by atoms with E-state index in [2.05, 4.69) is 17.3 Å². The lowest BCUT2D eigenvalue weighted by molar-refractivity contribution is -0.118. The predicted octanol–water partition coefficient (Wildman–Crippen LogP) is 2.64. The number of benzene rings is 1. The highest BCUT2D eigenvalue weighted by Crippen LogP contribution is 2.21. The zero-order valence-electron chi connectivity index (χ0n) is 13.5. The topological polar surface area (TPSA) is 41.6 Å². The number of hydrogen-bond donors (Lipinski definition) is 1. The first kappa shape index (κ1) is 17.2. The Hall–Kier alpha value is -1.20. The van der Waals surface area contributed by atoms with Crippen molar-refractivity contribution >= 4 is 17.7 Å². The molecule has 2 rings (SSSR count). The molecule has 0 bridgehead atoms. The molecular formula is C17H26N2O2S. The minimum absolute atomic E-state index is 0.119. The lowest BCUT2D eigenvalue weighted by Gasteiger charge is -2.28. The van der Waals surface area contributed by atoms with Gasteiger partial charge in [-0.05, 0) is 69.6 Å². The summed E-state index contributed by atoms with van der Waals surface area (Å²) in [6, 6.07) is 7.80. The molecular weight excluding hydrogens is 296 g/mol. The van der Waals surface area contributed by atoms with Crippen LogP contribution >= 0.6 is 11.8 Å². The van der Waals surface area contributed by atoms with Gasteiger partial charge in [-0.3, -0.25) is 4.79 Å². The van der Waals surface area contributed by atoms with Crippen molar-refractivity contribution in [2.45, 2.75) is 24.2 Å². The van der Waals surface area contributed by atoms with Crippen molar-refractivity contribution in [2.24, 2.45) is 5.92 Å². The van der Waals surface area contributed by atoms with Gasteiger partial charge in [0.2, 0.25) is 5.91 Å². The molecule has 1 fully saturated rings. The van der Waals surface area contributed by atoms with Gasteiger partial charge in [-0.1, -0.05) is 0 Å². The Balaban J connectivity index is 1.59. The second-order valence-corrected chi connectivity index (χ2v) is 6.90. The van der Waals surface area contributed by atoms with Gasteiger partial charge in [0.25, 0.3) is 0 Å². The van der Waals surface area contributed by atoms with Crippen LogP contribution in [0.25, 0.3) is 0 Å². The standard InChI is InChI=1S/C17H26N2O2S/c1-19-11-8-14(9-12-19)7-10-18-17(20)13-22-16-5-3-15(21-2)4-6-16/h3-6,14H,7-13H2,1-2H3,(H,18,20). The van der Waals surface area contributed by atoms with E-state index in [-0.39, 0.29) is 5.91 Å². The number of carbonyl (C=O) groups is 1. The van der Waals surface area contributed by atoms with Crippen LogP contribution in [0.2, 0.25) is 0 Å². The average molecular weight is 322 g/mol. The monoisotopic (exact) mass is 322 g/mol. The van der Waals surface area contributed by atoms with E-state index in [1.54, 1.807) is 18.9 Å². The first-order valence-corrected chi connectivity index (χ1v) is 8.88. The van der Waals surface area contributed by atoms with Crippen LogP contribution in [0.3, 0.4) is 0 Å². The highest BCUT2D eigenvalue weighted by atomic mass is 32.2. The molecule has 22 heavy (non-hydrogen) atoms. The van der Waals surface area contributed by atoms with Crippen LogP contribution in [0, 0.1) is 5.92 Å². The number of rotatable bonds is 7. The predicted molar refractivity (Wildman–Crippen MR) is 91.6 cm³/mol. The number of ether oxygens (including phenoxy) is 1. The molecule has 122 valence electrons. The fourth-order valence-corrected chi connectivity index (χ4v) is 3.37. The maximum atomic E-state index is 11.9. The Labute approximate surface area is 137 Å². The Bertz CT molecular complexity index is 456. The molecule has 0 unspecified atom stereocenters. The molecule has 1 N–H and O–H groups in total. The molecule has 1 saturated heterocycles. The van der Waals surface area contributed by atoms with E-state index in [0.29, 0.717) is 5.75 Å². The smallest absolute Gasteiger partial charge is 0.230 e. The molecule has 1 aliphatic heterocycles. The van der Waals surface area contributed by atoms with Crippen LogP contribution in [0.4, 0.5) is 0 Å². The SMILES string of the molecule is COc1ccc(SCC(=O)NCCC2CCN(C)CC2)cc1. The van der Waals surface area contributed by atoms with Gasteiger partial charge < -0.3 is 15.0 Å². The van der Waals surface area contributed by atoms with E-state index in [4.69, 9.17) is 4.74 Å². The Morgan fingerprint density at radius 2 is 2.00 bits per heavy atom. The second kappa shape index (κ2) is 9.06. The van der Waals surface area contributed by atoms with Crippen molar-refractivity contribution < 1.29 is 9.53 Å². The molecule has 1 heterocycles. The summed E-state index contributed by atoms with van der Waals surface area (Å²) in [7, 11) is 3.83. The fraction of sp³-hybridized carbons (Fsp3) is 0.588. The molecule has 0 spiro atoms. The van der Waals surface area contributed by atoms with Crippen LogP contribution < -0.4 is 10.1 Å². The van der Waals surface area contributed by atoms with Gasteiger partial charge in [-0.2, -0.15) is 0 Å². The summed E-state index contributed by atoms with van der Waals surface area (Å²) in [6.45, 7) is 3.17. The van der Waals surface area contributed by atoms with Crippen LogP contribution in [-0.2, 0) is 4.79 Å². The normalized spacial score (nSPS) is 16.5. The summed E-state index contributed by atoms with van der Waals surface area (Å²) in [5.41, 5.74) is 0. The first-order chi connectivity index (χ1) is 10.7. The quantitative estimate of drug-likeness (QED) is 0.784. The summed E-state index contributed by atoms with van der Waals surface area (Å²) in [6.07, 6.45) is 3.62. The average Bonchev–Trinajstić information content (AvgIpc) is 2.55. The minimum atomic E-state index is 0.119. The Morgan fingerprint density at radius 1 is 1.32 bits per heavy atom. The van der Waals surface area contributed by atoms with Crippen molar-refractivity contribution in [3.8, 4) is 5.75 Å². The molecule has 1 amide bonds. The van der Waals surface area contributed by atoms with E-state index in [1.165, 1.54) is 25.9 Å². The highest BCUT2D eigenvalue weighted by Gasteiger charge is 2.16. The summed E-state index contributed by atoms with van der Waals surface area (Å²) in [5, 5.41) is 3.04. The maximum Gasteiger partial charge on any atom is 0.230 e. The van der Waals surface area contributed by atoms with E-state index < -0.39 is 0 Å². The number of carbonyl (C=O) groups excluding carboxylic acids is 1. The van der Waals surface area contributed by atoms with Crippen LogP contribution in [-0.4, -0.2) is 50.4 Å². The molecule has 5 heteroatoms. The van der Waals surface area contributed by atoms with Crippen molar-refractivity contribution in [2.75, 3.05) is 39.5 Å².